The molecule has 4 aromatic heterocycles. The lowest BCUT2D eigenvalue weighted by Crippen LogP contribution is -2.00. The normalized spacial score (nSPS) is 11.0. The van der Waals surface area contributed by atoms with Gasteiger partial charge in [-0.3, -0.25) is 5.10 Å². The highest BCUT2D eigenvalue weighted by Crippen LogP contribution is 2.26. The second kappa shape index (κ2) is 5.73. The summed E-state index contributed by atoms with van der Waals surface area (Å²) in [5, 5.41) is 20.1. The molecule has 4 heterocycles. The lowest BCUT2D eigenvalue weighted by atomic mass is 10.2. The van der Waals surface area contributed by atoms with Crippen molar-refractivity contribution in [1.29, 1.82) is 0 Å². The smallest absolute Gasteiger partial charge is 0.316 e. The van der Waals surface area contributed by atoms with Crippen molar-refractivity contribution in [2.75, 3.05) is 5.32 Å². The van der Waals surface area contributed by atoms with Gasteiger partial charge >= 0.3 is 6.01 Å². The molecule has 0 aliphatic carbocycles. The number of aromatic nitrogens is 4. The largest absolute Gasteiger partial charge is 0.460 e. The van der Waals surface area contributed by atoms with Crippen molar-refractivity contribution < 1.29 is 8.83 Å². The first-order valence-corrected chi connectivity index (χ1v) is 7.88. The summed E-state index contributed by atoms with van der Waals surface area (Å²) >= 11 is 1.56. The van der Waals surface area contributed by atoms with E-state index in [1.54, 1.807) is 17.5 Å². The molecule has 0 saturated carbocycles. The van der Waals surface area contributed by atoms with Gasteiger partial charge in [-0.05, 0) is 30.5 Å². The molecule has 0 aromatic carbocycles. The summed E-state index contributed by atoms with van der Waals surface area (Å²) in [5.41, 5.74) is 1.79. The number of furan rings is 1. The molecule has 7 nitrogen and oxygen atoms in total. The molecule has 23 heavy (non-hydrogen) atoms. The SMILES string of the molecule is Cc1ccc(-c2[nH]ncc2CNc2nnc(-c3cccs3)o2)o1. The summed E-state index contributed by atoms with van der Waals surface area (Å²) in [5.74, 6) is 2.11. The quantitative estimate of drug-likeness (QED) is 0.580. The van der Waals surface area contributed by atoms with Crippen LogP contribution in [0.3, 0.4) is 0 Å². The Balaban J connectivity index is 1.49. The van der Waals surface area contributed by atoms with Gasteiger partial charge < -0.3 is 14.2 Å². The van der Waals surface area contributed by atoms with Gasteiger partial charge in [-0.15, -0.1) is 16.4 Å². The summed E-state index contributed by atoms with van der Waals surface area (Å²) in [6.45, 7) is 2.40. The number of anilines is 1. The first-order chi connectivity index (χ1) is 11.3. The zero-order chi connectivity index (χ0) is 15.6. The summed E-state index contributed by atoms with van der Waals surface area (Å²) in [4.78, 5) is 0.945. The molecular formula is C15H13N5O2S. The van der Waals surface area contributed by atoms with Gasteiger partial charge in [0.1, 0.15) is 11.5 Å². The Morgan fingerprint density at radius 2 is 2.17 bits per heavy atom. The van der Waals surface area contributed by atoms with E-state index in [1.807, 2.05) is 36.6 Å². The van der Waals surface area contributed by atoms with E-state index < -0.39 is 0 Å². The molecule has 116 valence electrons. The molecule has 0 bridgehead atoms. The van der Waals surface area contributed by atoms with E-state index in [4.69, 9.17) is 8.83 Å². The summed E-state index contributed by atoms with van der Waals surface area (Å²) < 4.78 is 11.2. The van der Waals surface area contributed by atoms with Gasteiger partial charge in [0, 0.05) is 12.1 Å². The molecule has 0 aliphatic heterocycles. The minimum absolute atomic E-state index is 0.371. The molecule has 2 N–H and O–H groups in total. The van der Waals surface area contributed by atoms with Crippen molar-refractivity contribution in [2.24, 2.45) is 0 Å². The lowest BCUT2D eigenvalue weighted by molar-refractivity contribution is 0.545. The Morgan fingerprint density at radius 3 is 2.96 bits per heavy atom. The molecule has 8 heteroatoms. The number of aryl methyl sites for hydroxylation is 1. The molecule has 0 unspecified atom stereocenters. The standard InChI is InChI=1S/C15H13N5O2S/c1-9-4-5-11(21-9)13-10(8-17-18-13)7-16-15-20-19-14(22-15)12-3-2-6-23-12/h2-6,8H,7H2,1H3,(H,16,20)(H,17,18). The van der Waals surface area contributed by atoms with Crippen LogP contribution in [0, 0.1) is 6.92 Å². The van der Waals surface area contributed by atoms with Crippen LogP contribution in [-0.4, -0.2) is 20.4 Å². The number of H-pyrrole nitrogens is 1. The van der Waals surface area contributed by atoms with Crippen molar-refractivity contribution in [1.82, 2.24) is 20.4 Å². The predicted octanol–water partition coefficient (Wildman–Crippen LogP) is 3.70. The average Bonchev–Trinajstić information content (AvgIpc) is 3.31. The maximum atomic E-state index is 5.62. The number of aromatic amines is 1. The number of hydrogen-bond donors (Lipinski definition) is 2. The van der Waals surface area contributed by atoms with Crippen molar-refractivity contribution in [2.45, 2.75) is 13.5 Å². The molecule has 0 radical (unpaired) electrons. The van der Waals surface area contributed by atoms with Crippen LogP contribution in [0.1, 0.15) is 11.3 Å². The third kappa shape index (κ3) is 2.76. The average molecular weight is 327 g/mol. The Hall–Kier alpha value is -2.87. The molecule has 0 atom stereocenters. The van der Waals surface area contributed by atoms with Gasteiger partial charge in [-0.25, -0.2) is 0 Å². The highest BCUT2D eigenvalue weighted by Gasteiger charge is 2.13. The summed E-state index contributed by atoms with van der Waals surface area (Å²) in [7, 11) is 0. The van der Waals surface area contributed by atoms with E-state index in [1.165, 1.54) is 0 Å². The topological polar surface area (TPSA) is 92.8 Å². The first-order valence-electron chi connectivity index (χ1n) is 7.00. The molecule has 0 aliphatic rings. The van der Waals surface area contributed by atoms with Crippen LogP contribution >= 0.6 is 11.3 Å². The third-order valence-corrected chi connectivity index (χ3v) is 4.15. The molecule has 4 aromatic rings. The van der Waals surface area contributed by atoms with Crippen LogP contribution in [0.25, 0.3) is 22.2 Å². The van der Waals surface area contributed by atoms with Crippen LogP contribution < -0.4 is 5.32 Å². The van der Waals surface area contributed by atoms with Crippen molar-refractivity contribution >= 4 is 17.4 Å². The van der Waals surface area contributed by atoms with Crippen molar-refractivity contribution in [3.05, 3.63) is 47.2 Å². The molecular weight excluding hydrogens is 314 g/mol. The Bertz CT molecular complexity index is 906. The minimum Gasteiger partial charge on any atom is -0.460 e. The zero-order valence-corrected chi connectivity index (χ0v) is 13.1. The van der Waals surface area contributed by atoms with Gasteiger partial charge in [-0.1, -0.05) is 11.2 Å². The fourth-order valence-electron chi connectivity index (χ4n) is 2.19. The van der Waals surface area contributed by atoms with Gasteiger partial charge in [0.15, 0.2) is 5.76 Å². The molecule has 0 saturated heterocycles. The maximum absolute atomic E-state index is 5.62. The van der Waals surface area contributed by atoms with E-state index in [0.717, 1.165) is 27.7 Å². The van der Waals surface area contributed by atoms with Gasteiger partial charge in [-0.2, -0.15) is 5.10 Å². The highest BCUT2D eigenvalue weighted by molar-refractivity contribution is 7.13. The molecule has 0 spiro atoms. The first kappa shape index (κ1) is 13.8. The maximum Gasteiger partial charge on any atom is 0.316 e. The van der Waals surface area contributed by atoms with Gasteiger partial charge in [0.05, 0.1) is 11.1 Å². The zero-order valence-electron chi connectivity index (χ0n) is 12.2. The molecule has 0 fully saturated rings. The summed E-state index contributed by atoms with van der Waals surface area (Å²) in [6.07, 6.45) is 1.75. The van der Waals surface area contributed by atoms with Crippen LogP contribution in [0.2, 0.25) is 0 Å². The summed E-state index contributed by atoms with van der Waals surface area (Å²) in [6, 6.07) is 8.08. The number of nitrogens with zero attached hydrogens (tertiary/aromatic N) is 3. The third-order valence-electron chi connectivity index (χ3n) is 3.29. The Labute approximate surface area is 135 Å². The van der Waals surface area contributed by atoms with Gasteiger partial charge in [0.2, 0.25) is 0 Å². The van der Waals surface area contributed by atoms with E-state index in [0.29, 0.717) is 18.5 Å². The predicted molar refractivity (Wildman–Crippen MR) is 86.0 cm³/mol. The second-order valence-electron chi connectivity index (χ2n) is 4.92. The number of hydrogen-bond acceptors (Lipinski definition) is 7. The molecule has 0 amide bonds. The highest BCUT2D eigenvalue weighted by atomic mass is 32.1. The number of rotatable bonds is 5. The monoisotopic (exact) mass is 327 g/mol. The Kier molecular flexibility index (Phi) is 3.43. The second-order valence-corrected chi connectivity index (χ2v) is 5.87. The van der Waals surface area contributed by atoms with E-state index in [9.17, 15) is 0 Å². The fourth-order valence-corrected chi connectivity index (χ4v) is 2.84. The van der Waals surface area contributed by atoms with E-state index in [-0.39, 0.29) is 0 Å². The molecule has 4 rings (SSSR count). The Morgan fingerprint density at radius 1 is 1.22 bits per heavy atom. The number of thiophene rings is 1. The fraction of sp³-hybridized carbons (Fsp3) is 0.133. The van der Waals surface area contributed by atoms with Crippen LogP contribution in [0.5, 0.6) is 0 Å². The number of nitrogens with one attached hydrogen (secondary N) is 2. The minimum atomic E-state index is 0.371. The van der Waals surface area contributed by atoms with Crippen LogP contribution in [0.15, 0.2) is 44.7 Å². The van der Waals surface area contributed by atoms with Gasteiger partial charge in [0.25, 0.3) is 5.89 Å². The van der Waals surface area contributed by atoms with Crippen molar-refractivity contribution in [3.8, 4) is 22.2 Å². The van der Waals surface area contributed by atoms with E-state index >= 15 is 0 Å². The lowest BCUT2D eigenvalue weighted by Gasteiger charge is -2.01. The van der Waals surface area contributed by atoms with Crippen LogP contribution in [0.4, 0.5) is 6.01 Å². The van der Waals surface area contributed by atoms with Crippen LogP contribution in [-0.2, 0) is 6.54 Å². The van der Waals surface area contributed by atoms with E-state index in [2.05, 4.69) is 25.7 Å². The van der Waals surface area contributed by atoms with Crippen molar-refractivity contribution in [3.63, 3.8) is 0 Å².